The van der Waals surface area contributed by atoms with Crippen molar-refractivity contribution < 1.29 is 4.74 Å². The third-order valence-corrected chi connectivity index (χ3v) is 6.56. The van der Waals surface area contributed by atoms with Crippen LogP contribution >= 0.6 is 11.3 Å². The minimum absolute atomic E-state index is 0.431. The summed E-state index contributed by atoms with van der Waals surface area (Å²) in [6, 6.07) is 29.7. The van der Waals surface area contributed by atoms with Crippen LogP contribution in [0.15, 0.2) is 89.9 Å². The lowest BCUT2D eigenvalue weighted by Crippen LogP contribution is -2.00. The fourth-order valence-electron chi connectivity index (χ4n) is 3.93. The van der Waals surface area contributed by atoms with E-state index >= 15 is 0 Å². The van der Waals surface area contributed by atoms with E-state index in [1.165, 1.54) is 25.7 Å². The number of anilines is 2. The van der Waals surface area contributed by atoms with Gasteiger partial charge in [0.2, 0.25) is 0 Å². The maximum Gasteiger partial charge on any atom is 0.143 e. The van der Waals surface area contributed by atoms with E-state index in [1.807, 2.05) is 41.8 Å². The van der Waals surface area contributed by atoms with Gasteiger partial charge in [-0.1, -0.05) is 42.5 Å². The molecular weight excluding hydrogens is 388 g/mol. The summed E-state index contributed by atoms with van der Waals surface area (Å²) in [6.07, 6.45) is 1.81. The summed E-state index contributed by atoms with van der Waals surface area (Å²) in [5.74, 6) is 0.825. The molecule has 0 bridgehead atoms. The van der Waals surface area contributed by atoms with Gasteiger partial charge in [-0.3, -0.25) is 4.99 Å². The molecule has 30 heavy (non-hydrogen) atoms. The zero-order chi connectivity index (χ0) is 19.9. The minimum Gasteiger partial charge on any atom is -0.486 e. The molecule has 3 nitrogen and oxygen atoms in total. The van der Waals surface area contributed by atoms with Gasteiger partial charge in [-0.25, -0.2) is 0 Å². The number of fused-ring (bicyclic) bond motifs is 5. The lowest BCUT2D eigenvalue weighted by molar-refractivity contribution is 0.383. The SMILES string of the molecule is C1=Nc2ccccc2Nc2ccc(-c3ccc4sc5ccccc5c4c3)cc2OC1. The van der Waals surface area contributed by atoms with E-state index in [0.717, 1.165) is 28.4 Å². The number of aliphatic imine (C=N–C) groups is 1. The molecule has 4 heteroatoms. The third kappa shape index (κ3) is 2.93. The first-order valence-corrected chi connectivity index (χ1v) is 10.7. The number of nitrogens with one attached hydrogen (secondary N) is 1. The van der Waals surface area contributed by atoms with E-state index in [-0.39, 0.29) is 0 Å². The molecule has 1 N–H and O–H groups in total. The molecule has 1 aliphatic heterocycles. The van der Waals surface area contributed by atoms with E-state index in [1.54, 1.807) is 0 Å². The molecule has 0 radical (unpaired) electrons. The van der Waals surface area contributed by atoms with E-state index in [0.29, 0.717) is 6.61 Å². The second-order valence-corrected chi connectivity index (χ2v) is 8.37. The van der Waals surface area contributed by atoms with Gasteiger partial charge in [0, 0.05) is 26.4 Å². The van der Waals surface area contributed by atoms with Crippen molar-refractivity contribution in [3.8, 4) is 16.9 Å². The quantitative estimate of drug-likeness (QED) is 0.312. The van der Waals surface area contributed by atoms with Crippen LogP contribution < -0.4 is 10.1 Å². The molecule has 6 rings (SSSR count). The first kappa shape index (κ1) is 17.2. The highest BCUT2D eigenvalue weighted by atomic mass is 32.1. The number of nitrogens with zero attached hydrogens (tertiary/aromatic N) is 1. The zero-order valence-electron chi connectivity index (χ0n) is 16.1. The lowest BCUT2D eigenvalue weighted by atomic mass is 10.0. The van der Waals surface area contributed by atoms with Gasteiger partial charge in [0.1, 0.15) is 12.4 Å². The maximum atomic E-state index is 6.03. The molecule has 0 unspecified atom stereocenters. The van der Waals surface area contributed by atoms with Crippen LogP contribution in [0.4, 0.5) is 17.1 Å². The summed E-state index contributed by atoms with van der Waals surface area (Å²) in [4.78, 5) is 4.52. The summed E-state index contributed by atoms with van der Waals surface area (Å²) in [6.45, 7) is 0.431. The van der Waals surface area contributed by atoms with Crippen molar-refractivity contribution in [3.63, 3.8) is 0 Å². The molecule has 0 amide bonds. The van der Waals surface area contributed by atoms with Crippen LogP contribution in [0.1, 0.15) is 0 Å². The standard InChI is InChI=1S/C26H18N2OS/c1-4-8-25-19(5-1)20-15-17(10-12-26(20)30-25)18-9-11-23-24(16-18)29-14-13-27-21-6-2-3-7-22(21)28-23/h1-13,15-16,28H,14H2. The van der Waals surface area contributed by atoms with Gasteiger partial charge in [0.25, 0.3) is 0 Å². The van der Waals surface area contributed by atoms with Crippen LogP contribution in [-0.2, 0) is 0 Å². The topological polar surface area (TPSA) is 33.6 Å². The highest BCUT2D eigenvalue weighted by Gasteiger charge is 2.12. The second kappa shape index (κ2) is 7.01. The molecule has 1 aliphatic rings. The molecular formula is C26H18N2OS. The van der Waals surface area contributed by atoms with E-state index in [4.69, 9.17) is 4.74 Å². The fourth-order valence-corrected chi connectivity index (χ4v) is 5.02. The molecule has 0 fully saturated rings. The van der Waals surface area contributed by atoms with Crippen LogP contribution in [0.5, 0.6) is 5.75 Å². The summed E-state index contributed by atoms with van der Waals surface area (Å²) in [5, 5.41) is 6.09. The van der Waals surface area contributed by atoms with Crippen molar-refractivity contribution in [1.82, 2.24) is 0 Å². The van der Waals surface area contributed by atoms with Gasteiger partial charge in [-0.15, -0.1) is 11.3 Å². The van der Waals surface area contributed by atoms with Crippen molar-refractivity contribution in [3.05, 3.63) is 84.9 Å². The predicted molar refractivity (Wildman–Crippen MR) is 128 cm³/mol. The number of para-hydroxylation sites is 2. The number of hydrogen-bond acceptors (Lipinski definition) is 4. The first-order chi connectivity index (χ1) is 14.8. The molecule has 1 aromatic heterocycles. The number of rotatable bonds is 1. The number of benzene rings is 4. The van der Waals surface area contributed by atoms with Crippen LogP contribution in [0.25, 0.3) is 31.3 Å². The molecule has 0 saturated carbocycles. The average molecular weight is 407 g/mol. The predicted octanol–water partition coefficient (Wildman–Crippen LogP) is 7.56. The molecule has 0 atom stereocenters. The minimum atomic E-state index is 0.431. The highest BCUT2D eigenvalue weighted by Crippen LogP contribution is 2.39. The summed E-state index contributed by atoms with van der Waals surface area (Å²) in [7, 11) is 0. The van der Waals surface area contributed by atoms with Gasteiger partial charge in [0.15, 0.2) is 0 Å². The first-order valence-electron chi connectivity index (χ1n) is 9.92. The Balaban J connectivity index is 1.45. The monoisotopic (exact) mass is 406 g/mol. The molecule has 0 spiro atoms. The Morgan fingerprint density at radius 2 is 1.53 bits per heavy atom. The van der Waals surface area contributed by atoms with Crippen molar-refractivity contribution in [1.29, 1.82) is 0 Å². The molecule has 4 aromatic carbocycles. The Morgan fingerprint density at radius 3 is 2.53 bits per heavy atom. The number of thiophene rings is 1. The number of hydrogen-bond donors (Lipinski definition) is 1. The van der Waals surface area contributed by atoms with Gasteiger partial charge in [-0.2, -0.15) is 0 Å². The molecule has 0 aliphatic carbocycles. The smallest absolute Gasteiger partial charge is 0.143 e. The van der Waals surface area contributed by atoms with Gasteiger partial charge >= 0.3 is 0 Å². The van der Waals surface area contributed by atoms with Crippen molar-refractivity contribution in [2.75, 3.05) is 11.9 Å². The van der Waals surface area contributed by atoms with Crippen LogP contribution in [0.2, 0.25) is 0 Å². The van der Waals surface area contributed by atoms with Crippen LogP contribution in [0, 0.1) is 0 Å². The van der Waals surface area contributed by atoms with E-state index < -0.39 is 0 Å². The van der Waals surface area contributed by atoms with Crippen molar-refractivity contribution in [2.45, 2.75) is 0 Å². The van der Waals surface area contributed by atoms with E-state index in [9.17, 15) is 0 Å². The van der Waals surface area contributed by atoms with Crippen molar-refractivity contribution >= 4 is 54.8 Å². The lowest BCUT2D eigenvalue weighted by Gasteiger charge is -2.14. The van der Waals surface area contributed by atoms with E-state index in [2.05, 4.69) is 71.0 Å². The maximum absolute atomic E-state index is 6.03. The third-order valence-electron chi connectivity index (χ3n) is 5.41. The molecule has 0 saturated heterocycles. The fraction of sp³-hybridized carbons (Fsp3) is 0.0385. The Labute approximate surface area is 178 Å². The molecule has 144 valence electrons. The largest absolute Gasteiger partial charge is 0.486 e. The Kier molecular flexibility index (Phi) is 4.03. The molecule has 5 aromatic rings. The van der Waals surface area contributed by atoms with Crippen molar-refractivity contribution in [2.24, 2.45) is 4.99 Å². The Hall–Kier alpha value is -3.63. The van der Waals surface area contributed by atoms with Crippen LogP contribution in [-0.4, -0.2) is 12.8 Å². The average Bonchev–Trinajstić information content (AvgIpc) is 3.19. The number of ether oxygens (including phenoxy) is 1. The summed E-state index contributed by atoms with van der Waals surface area (Å²) >= 11 is 1.84. The Morgan fingerprint density at radius 1 is 0.733 bits per heavy atom. The van der Waals surface area contributed by atoms with Gasteiger partial charge < -0.3 is 10.1 Å². The normalized spacial score (nSPS) is 12.9. The highest BCUT2D eigenvalue weighted by molar-refractivity contribution is 7.25. The van der Waals surface area contributed by atoms with Crippen LogP contribution in [0.3, 0.4) is 0 Å². The zero-order valence-corrected chi connectivity index (χ0v) is 16.9. The Bertz CT molecular complexity index is 1430. The van der Waals surface area contributed by atoms with Gasteiger partial charge in [-0.05, 0) is 53.6 Å². The summed E-state index contributed by atoms with van der Waals surface area (Å²) < 4.78 is 8.67. The van der Waals surface area contributed by atoms with Gasteiger partial charge in [0.05, 0.1) is 17.1 Å². The summed E-state index contributed by atoms with van der Waals surface area (Å²) in [5.41, 5.74) is 5.15. The molecule has 2 heterocycles. The second-order valence-electron chi connectivity index (χ2n) is 7.28.